The average molecular weight is 219 g/mol. The smallest absolute Gasteiger partial charge is 0.204 e. The summed E-state index contributed by atoms with van der Waals surface area (Å²) >= 11 is 0. The number of nitrogens with two attached hydrogens (primary N) is 1. The molecule has 6 nitrogen and oxygen atoms in total. The molecule has 0 aliphatic rings. The molecular weight excluding hydrogens is 206 g/mol. The van der Waals surface area contributed by atoms with Gasteiger partial charge in [0, 0.05) is 32.1 Å². The van der Waals surface area contributed by atoms with Crippen LogP contribution in [0.15, 0.2) is 24.7 Å². The summed E-state index contributed by atoms with van der Waals surface area (Å²) in [6, 6.07) is 0.946. The van der Waals surface area contributed by atoms with E-state index in [2.05, 4.69) is 10.2 Å². The Bertz CT molecular complexity index is 513. The van der Waals surface area contributed by atoms with Gasteiger partial charge >= 0.3 is 0 Å². The van der Waals surface area contributed by atoms with Crippen molar-refractivity contribution in [3.8, 4) is 0 Å². The highest BCUT2D eigenvalue weighted by atomic mass is 16.1. The minimum Gasteiger partial charge on any atom is -0.317 e. The Labute approximate surface area is 92.7 Å². The van der Waals surface area contributed by atoms with Crippen molar-refractivity contribution in [2.24, 2.45) is 19.8 Å². The number of hydrogen-bond acceptors (Lipinski definition) is 4. The first-order valence-electron chi connectivity index (χ1n) is 4.86. The van der Waals surface area contributed by atoms with Gasteiger partial charge in [-0.25, -0.2) is 0 Å². The Balaban J connectivity index is 2.22. The average Bonchev–Trinajstić information content (AvgIpc) is 2.85. The molecule has 0 amide bonds. The van der Waals surface area contributed by atoms with E-state index < -0.39 is 6.04 Å². The van der Waals surface area contributed by atoms with E-state index in [0.29, 0.717) is 11.3 Å². The molecule has 0 fully saturated rings. The van der Waals surface area contributed by atoms with E-state index in [9.17, 15) is 4.79 Å². The van der Waals surface area contributed by atoms with E-state index in [1.807, 2.05) is 0 Å². The molecule has 0 aliphatic heterocycles. The monoisotopic (exact) mass is 219 g/mol. The topological polar surface area (TPSA) is 78.7 Å². The van der Waals surface area contributed by atoms with Crippen LogP contribution < -0.4 is 5.73 Å². The fourth-order valence-corrected chi connectivity index (χ4v) is 1.46. The normalized spacial score (nSPS) is 12.7. The van der Waals surface area contributed by atoms with Gasteiger partial charge in [0.1, 0.15) is 5.69 Å². The van der Waals surface area contributed by atoms with Crippen LogP contribution in [-0.2, 0) is 14.1 Å². The van der Waals surface area contributed by atoms with Crippen LogP contribution in [0.1, 0.15) is 22.1 Å². The Morgan fingerprint density at radius 1 is 1.44 bits per heavy atom. The van der Waals surface area contributed by atoms with E-state index >= 15 is 0 Å². The van der Waals surface area contributed by atoms with Crippen molar-refractivity contribution in [2.45, 2.75) is 6.04 Å². The molecule has 2 aromatic rings. The lowest BCUT2D eigenvalue weighted by Gasteiger charge is -2.05. The zero-order chi connectivity index (χ0) is 11.7. The molecule has 0 spiro atoms. The van der Waals surface area contributed by atoms with Crippen molar-refractivity contribution in [1.82, 2.24) is 19.6 Å². The molecule has 0 saturated carbocycles. The van der Waals surface area contributed by atoms with Crippen LogP contribution >= 0.6 is 0 Å². The SMILES string of the molecule is Cn1cc(C(N)C(=O)c2ccn(C)n2)cn1. The van der Waals surface area contributed by atoms with Crippen LogP contribution in [0.25, 0.3) is 0 Å². The predicted octanol–water partition coefficient (Wildman–Crippen LogP) is 0.0363. The van der Waals surface area contributed by atoms with E-state index in [4.69, 9.17) is 5.73 Å². The highest BCUT2D eigenvalue weighted by Gasteiger charge is 2.20. The van der Waals surface area contributed by atoms with Crippen LogP contribution in [0.2, 0.25) is 0 Å². The van der Waals surface area contributed by atoms with Crippen molar-refractivity contribution in [3.05, 3.63) is 35.9 Å². The lowest BCUT2D eigenvalue weighted by Crippen LogP contribution is -2.21. The third-order valence-corrected chi connectivity index (χ3v) is 2.33. The van der Waals surface area contributed by atoms with Gasteiger partial charge in [-0.2, -0.15) is 10.2 Å². The summed E-state index contributed by atoms with van der Waals surface area (Å²) in [6.45, 7) is 0. The number of aryl methyl sites for hydroxylation is 2. The van der Waals surface area contributed by atoms with Gasteiger partial charge in [0.15, 0.2) is 0 Å². The van der Waals surface area contributed by atoms with Gasteiger partial charge in [-0.05, 0) is 6.07 Å². The van der Waals surface area contributed by atoms with Crippen LogP contribution in [-0.4, -0.2) is 25.3 Å². The molecule has 0 saturated heterocycles. The van der Waals surface area contributed by atoms with E-state index in [-0.39, 0.29) is 5.78 Å². The molecular formula is C10H13N5O. The summed E-state index contributed by atoms with van der Waals surface area (Å²) < 4.78 is 3.18. The number of hydrogen-bond donors (Lipinski definition) is 1. The molecule has 0 aromatic carbocycles. The molecule has 16 heavy (non-hydrogen) atoms. The largest absolute Gasteiger partial charge is 0.317 e. The molecule has 0 bridgehead atoms. The number of ketones is 1. The standard InChI is InChI=1S/C10H13N5O/c1-14-4-3-8(13-14)10(16)9(11)7-5-12-15(2)6-7/h3-6,9H,11H2,1-2H3. The third-order valence-electron chi connectivity index (χ3n) is 2.33. The molecule has 0 radical (unpaired) electrons. The third kappa shape index (κ3) is 1.87. The van der Waals surface area contributed by atoms with Gasteiger partial charge in [0.2, 0.25) is 5.78 Å². The lowest BCUT2D eigenvalue weighted by atomic mass is 10.1. The van der Waals surface area contributed by atoms with Crippen LogP contribution in [0.3, 0.4) is 0 Å². The molecule has 2 aromatic heterocycles. The minimum absolute atomic E-state index is 0.200. The van der Waals surface area contributed by atoms with Crippen molar-refractivity contribution in [2.75, 3.05) is 0 Å². The van der Waals surface area contributed by atoms with Gasteiger partial charge in [0.05, 0.1) is 12.2 Å². The summed E-state index contributed by atoms with van der Waals surface area (Å²) in [7, 11) is 3.54. The number of carbonyl (C=O) groups excluding carboxylic acids is 1. The van der Waals surface area contributed by atoms with E-state index in [0.717, 1.165) is 0 Å². The minimum atomic E-state index is -0.705. The Morgan fingerprint density at radius 3 is 2.69 bits per heavy atom. The van der Waals surface area contributed by atoms with Gasteiger partial charge in [0.25, 0.3) is 0 Å². The first-order chi connectivity index (χ1) is 7.58. The lowest BCUT2D eigenvalue weighted by molar-refractivity contribution is 0.0955. The molecule has 84 valence electrons. The fraction of sp³-hybridized carbons (Fsp3) is 0.300. The number of nitrogens with zero attached hydrogens (tertiary/aromatic N) is 4. The summed E-state index contributed by atoms with van der Waals surface area (Å²) in [6.07, 6.45) is 5.03. The van der Waals surface area contributed by atoms with E-state index in [1.165, 1.54) is 0 Å². The van der Waals surface area contributed by atoms with Gasteiger partial charge in [-0.15, -0.1) is 0 Å². The maximum Gasteiger partial charge on any atom is 0.204 e. The second-order valence-corrected chi connectivity index (χ2v) is 3.66. The zero-order valence-electron chi connectivity index (χ0n) is 9.16. The maximum atomic E-state index is 11.9. The van der Waals surface area contributed by atoms with Gasteiger partial charge in [-0.3, -0.25) is 14.2 Å². The highest BCUT2D eigenvalue weighted by Crippen LogP contribution is 2.13. The Morgan fingerprint density at radius 2 is 2.19 bits per heavy atom. The number of Topliss-reactive ketones (excluding diaryl/α,β-unsaturated/α-hetero) is 1. The van der Waals surface area contributed by atoms with Crippen molar-refractivity contribution >= 4 is 5.78 Å². The molecule has 0 aliphatic carbocycles. The summed E-state index contributed by atoms with van der Waals surface area (Å²) in [5.74, 6) is -0.200. The molecule has 2 rings (SSSR count). The molecule has 1 atom stereocenters. The van der Waals surface area contributed by atoms with Crippen molar-refractivity contribution < 1.29 is 4.79 Å². The molecule has 2 N–H and O–H groups in total. The summed E-state index contributed by atoms with van der Waals surface area (Å²) in [5.41, 5.74) is 6.91. The zero-order valence-corrected chi connectivity index (χ0v) is 9.16. The fourth-order valence-electron chi connectivity index (χ4n) is 1.46. The number of rotatable bonds is 3. The highest BCUT2D eigenvalue weighted by molar-refractivity contribution is 5.98. The molecule has 2 heterocycles. The van der Waals surface area contributed by atoms with Crippen LogP contribution in [0, 0.1) is 0 Å². The second kappa shape index (κ2) is 3.90. The molecule has 6 heteroatoms. The van der Waals surface area contributed by atoms with Crippen LogP contribution in [0.5, 0.6) is 0 Å². The summed E-state index contributed by atoms with van der Waals surface area (Å²) in [5, 5.41) is 8.00. The van der Waals surface area contributed by atoms with Gasteiger partial charge < -0.3 is 5.73 Å². The maximum absolute atomic E-state index is 11.9. The van der Waals surface area contributed by atoms with E-state index in [1.54, 1.807) is 48.1 Å². The van der Waals surface area contributed by atoms with Crippen molar-refractivity contribution in [3.63, 3.8) is 0 Å². The summed E-state index contributed by atoms with van der Waals surface area (Å²) in [4.78, 5) is 11.9. The Hall–Kier alpha value is -1.95. The van der Waals surface area contributed by atoms with Gasteiger partial charge in [-0.1, -0.05) is 0 Å². The van der Waals surface area contributed by atoms with Crippen molar-refractivity contribution in [1.29, 1.82) is 0 Å². The number of aromatic nitrogens is 4. The number of carbonyl (C=O) groups is 1. The quantitative estimate of drug-likeness (QED) is 0.739. The van der Waals surface area contributed by atoms with Crippen LogP contribution in [0.4, 0.5) is 0 Å². The predicted molar refractivity (Wildman–Crippen MR) is 57.7 cm³/mol. The first kappa shape index (κ1) is 10.6. The molecule has 1 unspecified atom stereocenters. The first-order valence-corrected chi connectivity index (χ1v) is 4.86. The Kier molecular flexibility index (Phi) is 2.57. The second-order valence-electron chi connectivity index (χ2n) is 3.66.